The highest BCUT2D eigenvalue weighted by Crippen LogP contribution is 2.08. The normalized spacial score (nSPS) is 11.6. The second kappa shape index (κ2) is 6.63. The Morgan fingerprint density at radius 2 is 2.19 bits per heavy atom. The summed E-state index contributed by atoms with van der Waals surface area (Å²) in [5.41, 5.74) is 0. The molecule has 16 heavy (non-hydrogen) atoms. The summed E-state index contributed by atoms with van der Waals surface area (Å²) in [5, 5.41) is 12.0. The molecule has 4 heteroatoms. The molecule has 1 rings (SSSR count). The number of aliphatic hydroxyl groups is 1. The standard InChI is InChI=1S/C12H15NO3/c1-2-12(15)13-8-10(14)9-16-11-6-4-3-5-7-11/h2-7,10,14H,1,8-9H2,(H,13,15). The predicted octanol–water partition coefficient (Wildman–Crippen LogP) is 0.728. The van der Waals surface area contributed by atoms with Gasteiger partial charge < -0.3 is 15.2 Å². The molecule has 86 valence electrons. The lowest BCUT2D eigenvalue weighted by Gasteiger charge is -2.12. The van der Waals surface area contributed by atoms with Crippen molar-refractivity contribution < 1.29 is 14.6 Å². The molecule has 0 saturated heterocycles. The van der Waals surface area contributed by atoms with Crippen LogP contribution in [0.3, 0.4) is 0 Å². The predicted molar refractivity (Wildman–Crippen MR) is 61.2 cm³/mol. The number of carbonyl (C=O) groups is 1. The van der Waals surface area contributed by atoms with Crippen molar-refractivity contribution in [3.05, 3.63) is 43.0 Å². The van der Waals surface area contributed by atoms with Gasteiger partial charge >= 0.3 is 0 Å². The average molecular weight is 221 g/mol. The molecule has 0 heterocycles. The number of hydrogen-bond acceptors (Lipinski definition) is 3. The number of rotatable bonds is 6. The fraction of sp³-hybridized carbons (Fsp3) is 0.250. The van der Waals surface area contributed by atoms with E-state index < -0.39 is 6.10 Å². The maximum Gasteiger partial charge on any atom is 0.243 e. The van der Waals surface area contributed by atoms with E-state index >= 15 is 0 Å². The molecule has 1 unspecified atom stereocenters. The van der Waals surface area contributed by atoms with Crippen molar-refractivity contribution in [3.63, 3.8) is 0 Å². The Hall–Kier alpha value is -1.81. The Labute approximate surface area is 94.6 Å². The van der Waals surface area contributed by atoms with Crippen LogP contribution >= 0.6 is 0 Å². The zero-order valence-electron chi connectivity index (χ0n) is 8.93. The molecule has 4 nitrogen and oxygen atoms in total. The summed E-state index contributed by atoms with van der Waals surface area (Å²) in [6.45, 7) is 3.60. The molecule has 0 fully saturated rings. The van der Waals surface area contributed by atoms with Crippen LogP contribution in [0.5, 0.6) is 5.75 Å². The number of ether oxygens (including phenoxy) is 1. The van der Waals surface area contributed by atoms with Crippen LogP contribution in [-0.4, -0.2) is 30.3 Å². The third-order valence-corrected chi connectivity index (χ3v) is 1.88. The third kappa shape index (κ3) is 4.61. The molecule has 0 radical (unpaired) electrons. The minimum atomic E-state index is -0.732. The van der Waals surface area contributed by atoms with Gasteiger partial charge in [-0.05, 0) is 18.2 Å². The number of amides is 1. The van der Waals surface area contributed by atoms with E-state index in [1.165, 1.54) is 0 Å². The molecule has 0 aliphatic rings. The lowest BCUT2D eigenvalue weighted by Crippen LogP contribution is -2.34. The Balaban J connectivity index is 2.22. The largest absolute Gasteiger partial charge is 0.491 e. The van der Waals surface area contributed by atoms with E-state index in [1.54, 1.807) is 12.1 Å². The number of aliphatic hydroxyl groups excluding tert-OH is 1. The number of para-hydroxylation sites is 1. The van der Waals surface area contributed by atoms with Gasteiger partial charge in [-0.2, -0.15) is 0 Å². The molecule has 0 aliphatic carbocycles. The van der Waals surface area contributed by atoms with Gasteiger partial charge in [-0.25, -0.2) is 0 Å². The summed E-state index contributed by atoms with van der Waals surface area (Å²) in [6.07, 6.45) is 0.425. The van der Waals surface area contributed by atoms with Crippen LogP contribution in [0.2, 0.25) is 0 Å². The monoisotopic (exact) mass is 221 g/mol. The lowest BCUT2D eigenvalue weighted by atomic mass is 10.3. The van der Waals surface area contributed by atoms with E-state index in [2.05, 4.69) is 11.9 Å². The molecule has 1 atom stereocenters. The minimum Gasteiger partial charge on any atom is -0.491 e. The van der Waals surface area contributed by atoms with Crippen LogP contribution in [0.1, 0.15) is 0 Å². The lowest BCUT2D eigenvalue weighted by molar-refractivity contribution is -0.117. The first-order chi connectivity index (χ1) is 7.72. The first-order valence-electron chi connectivity index (χ1n) is 4.98. The highest BCUT2D eigenvalue weighted by molar-refractivity contribution is 5.86. The summed E-state index contributed by atoms with van der Waals surface area (Å²) in [7, 11) is 0. The van der Waals surface area contributed by atoms with Crippen molar-refractivity contribution in [1.29, 1.82) is 0 Å². The van der Waals surface area contributed by atoms with Gasteiger partial charge in [0.05, 0.1) is 0 Å². The first kappa shape index (κ1) is 12.3. The maximum atomic E-state index is 10.8. The van der Waals surface area contributed by atoms with E-state index in [-0.39, 0.29) is 19.1 Å². The van der Waals surface area contributed by atoms with E-state index in [9.17, 15) is 9.90 Å². The van der Waals surface area contributed by atoms with Gasteiger partial charge in [0, 0.05) is 6.54 Å². The van der Waals surface area contributed by atoms with Crippen LogP contribution in [-0.2, 0) is 4.79 Å². The van der Waals surface area contributed by atoms with Gasteiger partial charge in [0.2, 0.25) is 5.91 Å². The van der Waals surface area contributed by atoms with Gasteiger partial charge in [0.15, 0.2) is 0 Å². The molecule has 1 aromatic rings. The zero-order valence-corrected chi connectivity index (χ0v) is 8.93. The number of nitrogens with one attached hydrogen (secondary N) is 1. The van der Waals surface area contributed by atoms with Gasteiger partial charge in [0.1, 0.15) is 18.5 Å². The SMILES string of the molecule is C=CC(=O)NCC(O)COc1ccccc1. The Bertz CT molecular complexity index is 337. The van der Waals surface area contributed by atoms with Crippen LogP contribution in [0.25, 0.3) is 0 Å². The molecule has 0 bridgehead atoms. The molecule has 1 amide bonds. The van der Waals surface area contributed by atoms with Crippen molar-refractivity contribution in [2.75, 3.05) is 13.2 Å². The molecular weight excluding hydrogens is 206 g/mol. The summed E-state index contributed by atoms with van der Waals surface area (Å²) < 4.78 is 5.31. The molecule has 0 saturated carbocycles. The molecular formula is C12H15NO3. The van der Waals surface area contributed by atoms with Gasteiger partial charge in [-0.1, -0.05) is 24.8 Å². The maximum absolute atomic E-state index is 10.8. The van der Waals surface area contributed by atoms with Crippen molar-refractivity contribution in [3.8, 4) is 5.75 Å². The average Bonchev–Trinajstić information content (AvgIpc) is 2.34. The minimum absolute atomic E-state index is 0.140. The number of carbonyl (C=O) groups excluding carboxylic acids is 1. The van der Waals surface area contributed by atoms with E-state index in [0.29, 0.717) is 5.75 Å². The summed E-state index contributed by atoms with van der Waals surface area (Å²) in [4.78, 5) is 10.8. The van der Waals surface area contributed by atoms with Crippen LogP contribution < -0.4 is 10.1 Å². The van der Waals surface area contributed by atoms with E-state index in [4.69, 9.17) is 4.74 Å². The summed E-state index contributed by atoms with van der Waals surface area (Å²) in [5.74, 6) is 0.385. The second-order valence-electron chi connectivity index (χ2n) is 3.23. The highest BCUT2D eigenvalue weighted by Gasteiger charge is 2.05. The van der Waals surface area contributed by atoms with Crippen LogP contribution in [0.15, 0.2) is 43.0 Å². The summed E-state index contributed by atoms with van der Waals surface area (Å²) >= 11 is 0. The fourth-order valence-corrected chi connectivity index (χ4v) is 1.06. The molecule has 0 aliphatic heterocycles. The van der Waals surface area contributed by atoms with Crippen LogP contribution in [0, 0.1) is 0 Å². The first-order valence-corrected chi connectivity index (χ1v) is 4.98. The van der Waals surface area contributed by atoms with Crippen molar-refractivity contribution in [1.82, 2.24) is 5.32 Å². The Morgan fingerprint density at radius 1 is 1.50 bits per heavy atom. The molecule has 0 aromatic heterocycles. The Kier molecular flexibility index (Phi) is 5.08. The van der Waals surface area contributed by atoms with Crippen molar-refractivity contribution in [2.45, 2.75) is 6.10 Å². The van der Waals surface area contributed by atoms with Crippen molar-refractivity contribution in [2.24, 2.45) is 0 Å². The van der Waals surface area contributed by atoms with E-state index in [0.717, 1.165) is 6.08 Å². The zero-order chi connectivity index (χ0) is 11.8. The fourth-order valence-electron chi connectivity index (χ4n) is 1.06. The topological polar surface area (TPSA) is 58.6 Å². The van der Waals surface area contributed by atoms with Crippen molar-refractivity contribution >= 4 is 5.91 Å². The molecule has 1 aromatic carbocycles. The molecule has 2 N–H and O–H groups in total. The van der Waals surface area contributed by atoms with Gasteiger partial charge in [-0.15, -0.1) is 0 Å². The highest BCUT2D eigenvalue weighted by atomic mass is 16.5. The van der Waals surface area contributed by atoms with E-state index in [1.807, 2.05) is 18.2 Å². The number of hydrogen-bond donors (Lipinski definition) is 2. The quantitative estimate of drug-likeness (QED) is 0.696. The summed E-state index contributed by atoms with van der Waals surface area (Å²) in [6, 6.07) is 9.18. The number of benzene rings is 1. The molecule has 0 spiro atoms. The van der Waals surface area contributed by atoms with Gasteiger partial charge in [-0.3, -0.25) is 4.79 Å². The Morgan fingerprint density at radius 3 is 2.81 bits per heavy atom. The third-order valence-electron chi connectivity index (χ3n) is 1.88. The second-order valence-corrected chi connectivity index (χ2v) is 3.23. The van der Waals surface area contributed by atoms with Crippen LogP contribution in [0.4, 0.5) is 0 Å². The smallest absolute Gasteiger partial charge is 0.243 e. The van der Waals surface area contributed by atoms with Gasteiger partial charge in [0.25, 0.3) is 0 Å².